The minimum Gasteiger partial charge on any atom is -0.382 e. The molecule has 2 rings (SSSR count). The molecule has 1 aromatic rings. The highest BCUT2D eigenvalue weighted by Crippen LogP contribution is 2.23. The number of hydroxylamine groups is 2. The smallest absolute Gasteiger partial charge is 0.382 e. The second-order valence-electron chi connectivity index (χ2n) is 5.48. The van der Waals surface area contributed by atoms with E-state index in [0.717, 1.165) is 31.4 Å². The van der Waals surface area contributed by atoms with Crippen molar-refractivity contribution in [1.82, 2.24) is 5.06 Å². The van der Waals surface area contributed by atoms with Gasteiger partial charge in [0.05, 0.1) is 0 Å². The topological polar surface area (TPSA) is 69.6 Å². The van der Waals surface area contributed by atoms with Crippen LogP contribution in [0.15, 0.2) is 24.3 Å². The van der Waals surface area contributed by atoms with Crippen LogP contribution in [0.5, 0.6) is 0 Å². The SMILES string of the molecule is O=C(c1ccc(NC2CCCCC2)cc1)N(O)C(=O)C(F)(F)F. The van der Waals surface area contributed by atoms with Crippen LogP contribution in [0.4, 0.5) is 18.9 Å². The third-order valence-electron chi connectivity index (χ3n) is 3.74. The van der Waals surface area contributed by atoms with Gasteiger partial charge in [0.15, 0.2) is 0 Å². The number of benzene rings is 1. The van der Waals surface area contributed by atoms with Crippen molar-refractivity contribution in [2.24, 2.45) is 0 Å². The standard InChI is InChI=1S/C15H17F3N2O3/c16-15(17,18)14(22)20(23)13(21)10-6-8-12(9-7-10)19-11-4-2-1-3-5-11/h6-9,11,19,23H,1-5H2. The molecule has 5 nitrogen and oxygen atoms in total. The van der Waals surface area contributed by atoms with Crippen LogP contribution in [0.25, 0.3) is 0 Å². The third-order valence-corrected chi connectivity index (χ3v) is 3.74. The zero-order chi connectivity index (χ0) is 17.0. The first-order valence-corrected chi connectivity index (χ1v) is 7.30. The maximum absolute atomic E-state index is 12.2. The maximum atomic E-state index is 12.2. The number of carbonyl (C=O) groups is 2. The molecule has 0 heterocycles. The molecule has 0 spiro atoms. The Morgan fingerprint density at radius 3 is 2.17 bits per heavy atom. The Hall–Kier alpha value is -2.09. The Kier molecular flexibility index (Phi) is 5.25. The fourth-order valence-corrected chi connectivity index (χ4v) is 2.53. The number of amides is 2. The normalized spacial score (nSPS) is 16.0. The van der Waals surface area contributed by atoms with Crippen molar-refractivity contribution in [3.8, 4) is 0 Å². The van der Waals surface area contributed by atoms with Crippen LogP contribution >= 0.6 is 0 Å². The Labute approximate surface area is 131 Å². The summed E-state index contributed by atoms with van der Waals surface area (Å²) in [6.07, 6.45) is 0.287. The lowest BCUT2D eigenvalue weighted by Crippen LogP contribution is -2.42. The minimum atomic E-state index is -5.31. The summed E-state index contributed by atoms with van der Waals surface area (Å²) < 4.78 is 36.6. The lowest BCUT2D eigenvalue weighted by Gasteiger charge is -2.24. The van der Waals surface area contributed by atoms with Gasteiger partial charge in [-0.2, -0.15) is 13.2 Å². The van der Waals surface area contributed by atoms with E-state index < -0.39 is 23.1 Å². The van der Waals surface area contributed by atoms with Gasteiger partial charge in [0.2, 0.25) is 0 Å². The van der Waals surface area contributed by atoms with Crippen molar-refractivity contribution in [2.45, 2.75) is 44.3 Å². The number of anilines is 1. The largest absolute Gasteiger partial charge is 0.474 e. The van der Waals surface area contributed by atoms with E-state index in [4.69, 9.17) is 5.21 Å². The molecular weight excluding hydrogens is 313 g/mol. The molecule has 0 atom stereocenters. The summed E-state index contributed by atoms with van der Waals surface area (Å²) in [5.74, 6) is -4.04. The van der Waals surface area contributed by atoms with Gasteiger partial charge in [-0.25, -0.2) is 0 Å². The predicted molar refractivity (Wildman–Crippen MR) is 76.0 cm³/mol. The van der Waals surface area contributed by atoms with E-state index in [1.807, 2.05) is 0 Å². The van der Waals surface area contributed by atoms with Crippen LogP contribution in [-0.2, 0) is 4.79 Å². The second-order valence-corrected chi connectivity index (χ2v) is 5.48. The first-order chi connectivity index (χ1) is 10.8. The molecule has 0 radical (unpaired) electrons. The van der Waals surface area contributed by atoms with Crippen LogP contribution < -0.4 is 5.32 Å². The number of nitrogens with one attached hydrogen (secondary N) is 1. The first kappa shape index (κ1) is 17.3. The molecule has 0 saturated heterocycles. The summed E-state index contributed by atoms with van der Waals surface area (Å²) in [4.78, 5) is 22.5. The summed E-state index contributed by atoms with van der Waals surface area (Å²) in [6.45, 7) is 0. The van der Waals surface area contributed by atoms with Gasteiger partial charge in [-0.15, -0.1) is 5.06 Å². The number of hydrogen-bond donors (Lipinski definition) is 2. The number of imide groups is 1. The molecule has 2 N–H and O–H groups in total. The molecule has 2 amide bonds. The molecule has 0 unspecified atom stereocenters. The first-order valence-electron chi connectivity index (χ1n) is 7.30. The zero-order valence-electron chi connectivity index (χ0n) is 12.3. The van der Waals surface area contributed by atoms with E-state index in [2.05, 4.69) is 5.32 Å². The van der Waals surface area contributed by atoms with Gasteiger partial charge in [-0.05, 0) is 37.1 Å². The summed E-state index contributed by atoms with van der Waals surface area (Å²) >= 11 is 0. The summed E-state index contributed by atoms with van der Waals surface area (Å²) in [5.41, 5.74) is 0.527. The van der Waals surface area contributed by atoms with Gasteiger partial charge in [-0.1, -0.05) is 19.3 Å². The Balaban J connectivity index is 2.01. The summed E-state index contributed by atoms with van der Waals surface area (Å²) in [5, 5.41) is 11.5. The molecule has 1 aliphatic carbocycles. The van der Waals surface area contributed by atoms with Crippen molar-refractivity contribution in [1.29, 1.82) is 0 Å². The number of hydrogen-bond acceptors (Lipinski definition) is 4. The molecule has 0 bridgehead atoms. The predicted octanol–water partition coefficient (Wildman–Crippen LogP) is 3.35. The highest BCUT2D eigenvalue weighted by atomic mass is 19.4. The lowest BCUT2D eigenvalue weighted by molar-refractivity contribution is -0.205. The minimum absolute atomic E-state index is 0.209. The van der Waals surface area contributed by atoms with Crippen molar-refractivity contribution in [3.63, 3.8) is 0 Å². The fraction of sp³-hybridized carbons (Fsp3) is 0.467. The van der Waals surface area contributed by atoms with Crippen LogP contribution in [0.3, 0.4) is 0 Å². The van der Waals surface area contributed by atoms with Crippen LogP contribution in [0.1, 0.15) is 42.5 Å². The number of rotatable bonds is 3. The number of halogens is 3. The molecule has 0 aromatic heterocycles. The van der Waals surface area contributed by atoms with Gasteiger partial charge >= 0.3 is 12.1 Å². The van der Waals surface area contributed by atoms with Crippen LogP contribution in [-0.4, -0.2) is 34.3 Å². The summed E-state index contributed by atoms with van der Waals surface area (Å²) in [7, 11) is 0. The van der Waals surface area contributed by atoms with Crippen molar-refractivity contribution in [2.75, 3.05) is 5.32 Å². The van der Waals surface area contributed by atoms with Crippen molar-refractivity contribution >= 4 is 17.5 Å². The molecule has 0 aliphatic heterocycles. The molecule has 1 saturated carbocycles. The Bertz CT molecular complexity index is 566. The average molecular weight is 330 g/mol. The molecule has 8 heteroatoms. The Morgan fingerprint density at radius 1 is 1.09 bits per heavy atom. The number of alkyl halides is 3. The maximum Gasteiger partial charge on any atom is 0.474 e. The molecule has 1 aromatic carbocycles. The van der Waals surface area contributed by atoms with E-state index in [1.54, 1.807) is 0 Å². The van der Waals surface area contributed by atoms with E-state index in [-0.39, 0.29) is 5.56 Å². The Morgan fingerprint density at radius 2 is 1.65 bits per heavy atom. The van der Waals surface area contributed by atoms with Crippen molar-refractivity contribution < 1.29 is 28.0 Å². The van der Waals surface area contributed by atoms with Gasteiger partial charge in [0.25, 0.3) is 5.91 Å². The van der Waals surface area contributed by atoms with Gasteiger partial charge in [0.1, 0.15) is 0 Å². The van der Waals surface area contributed by atoms with E-state index in [9.17, 15) is 22.8 Å². The highest BCUT2D eigenvalue weighted by molar-refractivity contribution is 6.05. The van der Waals surface area contributed by atoms with E-state index in [1.165, 1.54) is 30.7 Å². The number of carbonyl (C=O) groups excluding carboxylic acids is 2. The third kappa shape index (κ3) is 4.44. The van der Waals surface area contributed by atoms with Gasteiger partial charge in [0, 0.05) is 17.3 Å². The lowest BCUT2D eigenvalue weighted by atomic mass is 9.95. The molecule has 126 valence electrons. The highest BCUT2D eigenvalue weighted by Gasteiger charge is 2.45. The summed E-state index contributed by atoms with van der Waals surface area (Å²) in [6, 6.07) is 5.94. The molecular formula is C15H17F3N2O3. The molecule has 23 heavy (non-hydrogen) atoms. The monoisotopic (exact) mass is 330 g/mol. The van der Waals surface area contributed by atoms with E-state index in [0.29, 0.717) is 6.04 Å². The van der Waals surface area contributed by atoms with Crippen molar-refractivity contribution in [3.05, 3.63) is 29.8 Å². The average Bonchev–Trinajstić information content (AvgIpc) is 2.53. The van der Waals surface area contributed by atoms with Crippen LogP contribution in [0, 0.1) is 0 Å². The van der Waals surface area contributed by atoms with Gasteiger partial charge in [-0.3, -0.25) is 14.8 Å². The van der Waals surface area contributed by atoms with E-state index >= 15 is 0 Å². The zero-order valence-corrected chi connectivity index (χ0v) is 12.3. The second kappa shape index (κ2) is 6.99. The number of nitrogens with zero attached hydrogens (tertiary/aromatic N) is 1. The molecule has 1 aliphatic rings. The quantitative estimate of drug-likeness (QED) is 0.659. The van der Waals surface area contributed by atoms with Crippen LogP contribution in [0.2, 0.25) is 0 Å². The van der Waals surface area contributed by atoms with Gasteiger partial charge < -0.3 is 5.32 Å². The fourth-order valence-electron chi connectivity index (χ4n) is 2.53. The molecule has 1 fully saturated rings.